The van der Waals surface area contributed by atoms with Crippen LogP contribution in [-0.2, 0) is 14.8 Å². The lowest BCUT2D eigenvalue weighted by Crippen LogP contribution is -2.50. The van der Waals surface area contributed by atoms with Crippen molar-refractivity contribution in [3.05, 3.63) is 24.3 Å². The van der Waals surface area contributed by atoms with Gasteiger partial charge in [-0.2, -0.15) is 4.31 Å². The van der Waals surface area contributed by atoms with Crippen molar-refractivity contribution in [2.24, 2.45) is 0 Å². The molecule has 0 fully saturated rings. The maximum atomic E-state index is 12.7. The normalized spacial score (nSPS) is 14.3. The van der Waals surface area contributed by atoms with Crippen molar-refractivity contribution in [1.29, 1.82) is 0 Å². The Morgan fingerprint density at radius 3 is 2.35 bits per heavy atom. The van der Waals surface area contributed by atoms with Gasteiger partial charge in [0.05, 0.1) is 24.7 Å². The second-order valence-corrected chi connectivity index (χ2v) is 6.63. The molecule has 23 heavy (non-hydrogen) atoms. The van der Waals surface area contributed by atoms with E-state index in [4.69, 9.17) is 15.1 Å². The summed E-state index contributed by atoms with van der Waals surface area (Å²) in [5.41, 5.74) is 1.37. The second kappa shape index (κ2) is 8.22. The predicted molar refractivity (Wildman–Crippen MR) is 79.4 cm³/mol. The maximum Gasteiger partial charge on any atom is 0.261 e. The largest absolute Gasteiger partial charge is 0.497 e. The molecule has 1 rings (SSSR count). The number of ether oxygens (including phenoxy) is 1. The van der Waals surface area contributed by atoms with Crippen molar-refractivity contribution >= 4 is 15.9 Å². The smallest absolute Gasteiger partial charge is 0.261 e. The number of amides is 1. The third-order valence-electron chi connectivity index (χ3n) is 3.19. The number of hydroxylamine groups is 1. The van der Waals surface area contributed by atoms with E-state index in [-0.39, 0.29) is 4.90 Å². The Hall–Kier alpha value is -1.72. The molecule has 130 valence electrons. The molecule has 0 aliphatic rings. The summed E-state index contributed by atoms with van der Waals surface area (Å²) < 4.78 is 31.0. The average Bonchev–Trinajstić information content (AvgIpc) is 2.57. The van der Waals surface area contributed by atoms with E-state index < -0.39 is 41.2 Å². The number of nitrogens with one attached hydrogen (secondary N) is 1. The van der Waals surface area contributed by atoms with Crippen LogP contribution in [0.3, 0.4) is 0 Å². The molecule has 0 aliphatic carbocycles. The third kappa shape index (κ3) is 4.62. The molecule has 10 heteroatoms. The van der Waals surface area contributed by atoms with Crippen LogP contribution in [0.4, 0.5) is 0 Å². The van der Waals surface area contributed by atoms with Crippen molar-refractivity contribution in [2.45, 2.75) is 24.0 Å². The van der Waals surface area contributed by atoms with Gasteiger partial charge in [0.1, 0.15) is 11.8 Å². The summed E-state index contributed by atoms with van der Waals surface area (Å²) in [7, 11) is -2.72. The van der Waals surface area contributed by atoms with Gasteiger partial charge in [-0.1, -0.05) is 0 Å². The van der Waals surface area contributed by atoms with Crippen LogP contribution >= 0.6 is 0 Å². The monoisotopic (exact) mass is 348 g/mol. The number of hydrogen-bond donors (Lipinski definition) is 4. The fraction of sp³-hybridized carbons (Fsp3) is 0.462. The zero-order chi connectivity index (χ0) is 17.6. The van der Waals surface area contributed by atoms with Gasteiger partial charge in [0.15, 0.2) is 0 Å². The average molecular weight is 348 g/mol. The Morgan fingerprint density at radius 2 is 1.91 bits per heavy atom. The van der Waals surface area contributed by atoms with Crippen molar-refractivity contribution in [2.75, 3.05) is 20.3 Å². The molecule has 0 radical (unpaired) electrons. The number of aliphatic hydroxyl groups is 2. The van der Waals surface area contributed by atoms with Crippen molar-refractivity contribution < 1.29 is 33.4 Å². The SMILES string of the molecule is COc1ccc(S(=O)(=O)N(CC(O)CO)C(C)C(=O)NO)cc1. The minimum Gasteiger partial charge on any atom is -0.497 e. The van der Waals surface area contributed by atoms with Gasteiger partial charge < -0.3 is 14.9 Å². The quantitative estimate of drug-likeness (QED) is 0.347. The van der Waals surface area contributed by atoms with Crippen molar-refractivity contribution in [1.82, 2.24) is 9.79 Å². The first-order valence-corrected chi connectivity index (χ1v) is 8.10. The molecule has 0 spiro atoms. The van der Waals surface area contributed by atoms with Crippen LogP contribution in [0.5, 0.6) is 5.75 Å². The zero-order valence-corrected chi connectivity index (χ0v) is 13.5. The molecule has 2 atom stereocenters. The molecule has 0 bridgehead atoms. The summed E-state index contributed by atoms with van der Waals surface area (Å²) in [6.45, 7) is 0.0538. The summed E-state index contributed by atoms with van der Waals surface area (Å²) in [4.78, 5) is 11.4. The lowest BCUT2D eigenvalue weighted by atomic mass is 10.3. The van der Waals surface area contributed by atoms with E-state index in [1.807, 2.05) is 0 Å². The molecule has 0 saturated heterocycles. The van der Waals surface area contributed by atoms with Gasteiger partial charge in [0.2, 0.25) is 10.0 Å². The lowest BCUT2D eigenvalue weighted by Gasteiger charge is -2.28. The van der Waals surface area contributed by atoms with Gasteiger partial charge in [0, 0.05) is 6.54 Å². The number of benzene rings is 1. The highest BCUT2D eigenvalue weighted by Crippen LogP contribution is 2.21. The molecule has 2 unspecified atom stereocenters. The third-order valence-corrected chi connectivity index (χ3v) is 5.14. The fourth-order valence-corrected chi connectivity index (χ4v) is 3.47. The molecule has 4 N–H and O–H groups in total. The summed E-state index contributed by atoms with van der Waals surface area (Å²) in [6.07, 6.45) is -1.38. The van der Waals surface area contributed by atoms with E-state index in [0.29, 0.717) is 10.1 Å². The minimum absolute atomic E-state index is 0.124. The van der Waals surface area contributed by atoms with Gasteiger partial charge in [-0.3, -0.25) is 10.0 Å². The Kier molecular flexibility index (Phi) is 6.91. The molecule has 0 aliphatic heterocycles. The molecule has 0 heterocycles. The van der Waals surface area contributed by atoms with Crippen LogP contribution < -0.4 is 10.2 Å². The highest BCUT2D eigenvalue weighted by Gasteiger charge is 2.34. The Bertz CT molecular complexity index is 618. The number of nitrogens with zero attached hydrogens (tertiary/aromatic N) is 1. The number of sulfonamides is 1. The van der Waals surface area contributed by atoms with Crippen LogP contribution in [0, 0.1) is 0 Å². The molecule has 0 aromatic heterocycles. The Balaban J connectivity index is 3.23. The molecule has 1 aromatic carbocycles. The molecule has 1 amide bonds. The summed E-state index contributed by atoms with van der Waals surface area (Å²) >= 11 is 0. The van der Waals surface area contributed by atoms with Crippen LogP contribution in [0.2, 0.25) is 0 Å². The maximum absolute atomic E-state index is 12.7. The van der Waals surface area contributed by atoms with Crippen LogP contribution in [0.1, 0.15) is 6.92 Å². The number of rotatable bonds is 8. The molecular formula is C13H20N2O7S. The van der Waals surface area contributed by atoms with Gasteiger partial charge in [0.25, 0.3) is 5.91 Å². The van der Waals surface area contributed by atoms with Crippen LogP contribution in [0.15, 0.2) is 29.2 Å². The lowest BCUT2D eigenvalue weighted by molar-refractivity contribution is -0.133. The van der Waals surface area contributed by atoms with Crippen molar-refractivity contribution in [3.8, 4) is 5.75 Å². The highest BCUT2D eigenvalue weighted by molar-refractivity contribution is 7.89. The molecular weight excluding hydrogens is 328 g/mol. The van der Waals surface area contributed by atoms with Gasteiger partial charge >= 0.3 is 0 Å². The standard InChI is InChI=1S/C13H20N2O7S/c1-9(13(18)14-19)15(7-10(17)8-16)23(20,21)12-5-3-11(22-2)4-6-12/h3-6,9-10,16-17,19H,7-8H2,1-2H3,(H,14,18). The first-order valence-electron chi connectivity index (χ1n) is 6.66. The fourth-order valence-electron chi connectivity index (χ4n) is 1.84. The number of aliphatic hydroxyl groups excluding tert-OH is 2. The van der Waals surface area contributed by atoms with Gasteiger partial charge in [-0.15, -0.1) is 0 Å². The van der Waals surface area contributed by atoms with Crippen molar-refractivity contribution in [3.63, 3.8) is 0 Å². The topological polar surface area (TPSA) is 136 Å². The molecule has 1 aromatic rings. The van der Waals surface area contributed by atoms with E-state index in [9.17, 15) is 18.3 Å². The van der Waals surface area contributed by atoms with Crippen LogP contribution in [0.25, 0.3) is 0 Å². The summed E-state index contributed by atoms with van der Waals surface area (Å²) in [6, 6.07) is 4.15. The van der Waals surface area contributed by atoms with E-state index in [1.165, 1.54) is 43.8 Å². The zero-order valence-electron chi connectivity index (χ0n) is 12.7. The highest BCUT2D eigenvalue weighted by atomic mass is 32.2. The Labute approximate surface area is 134 Å². The number of methoxy groups -OCH3 is 1. The van der Waals surface area contributed by atoms with E-state index >= 15 is 0 Å². The number of carbonyl (C=O) groups excluding carboxylic acids is 1. The number of carbonyl (C=O) groups is 1. The van der Waals surface area contributed by atoms with E-state index in [0.717, 1.165) is 0 Å². The molecule has 0 saturated carbocycles. The summed E-state index contributed by atoms with van der Waals surface area (Å²) in [5, 5.41) is 27.2. The minimum atomic E-state index is -4.15. The predicted octanol–water partition coefficient (Wildman–Crippen LogP) is -1.07. The second-order valence-electron chi connectivity index (χ2n) is 4.74. The van der Waals surface area contributed by atoms with Gasteiger partial charge in [-0.05, 0) is 31.2 Å². The van der Waals surface area contributed by atoms with E-state index in [2.05, 4.69) is 0 Å². The first-order chi connectivity index (χ1) is 10.8. The van der Waals surface area contributed by atoms with Gasteiger partial charge in [-0.25, -0.2) is 13.9 Å². The summed E-state index contributed by atoms with van der Waals surface area (Å²) in [5.74, 6) is -0.515. The van der Waals surface area contributed by atoms with E-state index in [1.54, 1.807) is 0 Å². The molecule has 9 nitrogen and oxygen atoms in total. The first kappa shape index (κ1) is 19.3. The Morgan fingerprint density at radius 1 is 1.35 bits per heavy atom. The number of hydrogen-bond acceptors (Lipinski definition) is 7. The van der Waals surface area contributed by atoms with Crippen LogP contribution in [-0.4, -0.2) is 66.5 Å².